The van der Waals surface area contributed by atoms with Crippen LogP contribution in [0.15, 0.2) is 36.5 Å². The molecule has 2 rings (SSSR count). The molecule has 1 aromatic carbocycles. The molecule has 0 N–H and O–H groups in total. The van der Waals surface area contributed by atoms with Crippen LogP contribution in [0.3, 0.4) is 0 Å². The second-order valence-corrected chi connectivity index (χ2v) is 5.24. The molecule has 4 nitrogen and oxygen atoms in total. The summed E-state index contributed by atoms with van der Waals surface area (Å²) in [5, 5.41) is 11.7. The van der Waals surface area contributed by atoms with Crippen molar-refractivity contribution in [1.29, 1.82) is 0 Å². The van der Waals surface area contributed by atoms with E-state index in [0.717, 1.165) is 5.56 Å². The van der Waals surface area contributed by atoms with Gasteiger partial charge in [0.2, 0.25) is 4.77 Å². The van der Waals surface area contributed by atoms with E-state index in [1.165, 1.54) is 0 Å². The largest absolute Gasteiger partial charge is 1.00 e. The van der Waals surface area contributed by atoms with Crippen molar-refractivity contribution in [3.8, 4) is 5.88 Å². The fourth-order valence-corrected chi connectivity index (χ4v) is 2.01. The summed E-state index contributed by atoms with van der Waals surface area (Å²) >= 11 is 5.09. The summed E-state index contributed by atoms with van der Waals surface area (Å²) in [5.74, 6) is -0.129. The number of hydrogen-bond donors (Lipinski definition) is 0. The van der Waals surface area contributed by atoms with Crippen LogP contribution in [0.5, 0.6) is 5.88 Å². The van der Waals surface area contributed by atoms with Gasteiger partial charge in [-0.2, -0.15) is 0 Å². The normalized spacial score (nSPS) is 10.4. The third-order valence-electron chi connectivity index (χ3n) is 2.95. The summed E-state index contributed by atoms with van der Waals surface area (Å²) in [7, 11) is 0. The van der Waals surface area contributed by atoms with Crippen molar-refractivity contribution in [3.05, 3.63) is 52.4 Å². The fourth-order valence-electron chi connectivity index (χ4n) is 1.82. The van der Waals surface area contributed by atoms with E-state index in [1.807, 2.05) is 44.2 Å². The van der Waals surface area contributed by atoms with Crippen molar-refractivity contribution in [1.82, 2.24) is 9.55 Å². The Kier molecular flexibility index (Phi) is 7.13. The second kappa shape index (κ2) is 8.35. The number of aromatic nitrogens is 2. The van der Waals surface area contributed by atoms with Crippen molar-refractivity contribution in [2.75, 3.05) is 0 Å². The zero-order chi connectivity index (χ0) is 14.5. The maximum atomic E-state index is 11.7. The molecule has 0 saturated carbocycles. The standard InChI is InChI=1S/C15H18N2O2S.Li/c1-11(2)13-8-17(15(20)16-14(13)18)10-19-9-12-6-4-3-5-7-12;/h3-8,11H,9-10H2,1-2H3,(H,16,18,20);/q;+1/p-1. The van der Waals surface area contributed by atoms with Crippen molar-refractivity contribution in [2.45, 2.75) is 33.1 Å². The van der Waals surface area contributed by atoms with Crippen LogP contribution in [0, 0.1) is 4.77 Å². The zero-order valence-corrected chi connectivity index (χ0v) is 13.4. The minimum absolute atomic E-state index is 0. The van der Waals surface area contributed by atoms with Gasteiger partial charge < -0.3 is 9.84 Å². The Morgan fingerprint density at radius 1 is 1.29 bits per heavy atom. The first-order valence-corrected chi connectivity index (χ1v) is 6.89. The Labute approximate surface area is 142 Å². The molecule has 0 amide bonds. The van der Waals surface area contributed by atoms with Crippen LogP contribution in [0.1, 0.15) is 30.9 Å². The summed E-state index contributed by atoms with van der Waals surface area (Å²) in [4.78, 5) is 3.86. The van der Waals surface area contributed by atoms with E-state index in [9.17, 15) is 5.11 Å². The summed E-state index contributed by atoms with van der Waals surface area (Å²) < 4.78 is 7.56. The zero-order valence-electron chi connectivity index (χ0n) is 12.6. The molecule has 0 aliphatic carbocycles. The molecule has 106 valence electrons. The van der Waals surface area contributed by atoms with Gasteiger partial charge in [0.05, 0.1) is 6.61 Å². The molecular formula is C15H17LiN2O2S. The van der Waals surface area contributed by atoms with Crippen LogP contribution in [0.4, 0.5) is 0 Å². The molecule has 6 heteroatoms. The SMILES string of the molecule is CC(C)c1cn(COCc2ccccc2)c(=S)nc1[O-].[Li+]. The molecule has 0 aliphatic rings. The van der Waals surface area contributed by atoms with Crippen molar-refractivity contribution < 1.29 is 28.7 Å². The molecule has 1 heterocycles. The Morgan fingerprint density at radius 2 is 1.95 bits per heavy atom. The minimum Gasteiger partial charge on any atom is -0.858 e. The quantitative estimate of drug-likeness (QED) is 0.575. The summed E-state index contributed by atoms with van der Waals surface area (Å²) in [6.07, 6.45) is 1.74. The second-order valence-electron chi connectivity index (χ2n) is 4.87. The van der Waals surface area contributed by atoms with E-state index >= 15 is 0 Å². The predicted molar refractivity (Wildman–Crippen MR) is 77.8 cm³/mol. The number of nitrogens with zero attached hydrogens (tertiary/aromatic N) is 2. The van der Waals surface area contributed by atoms with Crippen LogP contribution in [-0.2, 0) is 18.1 Å². The monoisotopic (exact) mass is 296 g/mol. The predicted octanol–water partition coefficient (Wildman–Crippen LogP) is -0.0121. The molecule has 0 bridgehead atoms. The minimum atomic E-state index is -0.246. The van der Waals surface area contributed by atoms with Crippen molar-refractivity contribution in [3.63, 3.8) is 0 Å². The Hall–Kier alpha value is -1.12. The molecule has 0 atom stereocenters. The van der Waals surface area contributed by atoms with Crippen LogP contribution in [0.2, 0.25) is 0 Å². The van der Waals surface area contributed by atoms with Gasteiger partial charge in [-0.05, 0) is 35.1 Å². The number of ether oxygens (including phenoxy) is 1. The topological polar surface area (TPSA) is 50.1 Å². The molecule has 1 aromatic heterocycles. The van der Waals surface area contributed by atoms with Gasteiger partial charge in [-0.25, -0.2) is 4.98 Å². The first kappa shape index (κ1) is 17.9. The molecule has 0 unspecified atom stereocenters. The van der Waals surface area contributed by atoms with E-state index in [0.29, 0.717) is 18.9 Å². The van der Waals surface area contributed by atoms with E-state index in [1.54, 1.807) is 10.8 Å². The Bertz CT molecular complexity index is 629. The van der Waals surface area contributed by atoms with E-state index in [-0.39, 0.29) is 35.4 Å². The Morgan fingerprint density at radius 3 is 2.57 bits per heavy atom. The van der Waals surface area contributed by atoms with Crippen LogP contribution in [0.25, 0.3) is 0 Å². The number of benzene rings is 1. The summed E-state index contributed by atoms with van der Waals surface area (Å²) in [5.41, 5.74) is 1.75. The average Bonchev–Trinajstić information content (AvgIpc) is 2.42. The summed E-state index contributed by atoms with van der Waals surface area (Å²) in [6.45, 7) is 4.70. The van der Waals surface area contributed by atoms with E-state index in [2.05, 4.69) is 4.98 Å². The van der Waals surface area contributed by atoms with Crippen LogP contribution < -0.4 is 24.0 Å². The van der Waals surface area contributed by atoms with Gasteiger partial charge in [0.15, 0.2) is 0 Å². The molecule has 0 fully saturated rings. The molecule has 0 radical (unpaired) electrons. The van der Waals surface area contributed by atoms with Gasteiger partial charge in [0.1, 0.15) is 6.73 Å². The number of hydrogen-bond acceptors (Lipinski definition) is 4. The third-order valence-corrected chi connectivity index (χ3v) is 3.27. The maximum absolute atomic E-state index is 11.7. The van der Waals surface area contributed by atoms with E-state index in [4.69, 9.17) is 17.0 Å². The van der Waals surface area contributed by atoms with Crippen molar-refractivity contribution in [2.24, 2.45) is 0 Å². The molecular weight excluding hydrogens is 279 g/mol. The smallest absolute Gasteiger partial charge is 0.858 e. The van der Waals surface area contributed by atoms with Gasteiger partial charge in [0.25, 0.3) is 0 Å². The van der Waals surface area contributed by atoms with Gasteiger partial charge in [-0.3, -0.25) is 4.57 Å². The molecule has 0 spiro atoms. The van der Waals surface area contributed by atoms with E-state index < -0.39 is 0 Å². The average molecular weight is 296 g/mol. The number of rotatable bonds is 5. The van der Waals surface area contributed by atoms with Gasteiger partial charge in [-0.1, -0.05) is 44.2 Å². The van der Waals surface area contributed by atoms with Crippen LogP contribution in [-0.4, -0.2) is 9.55 Å². The molecule has 21 heavy (non-hydrogen) atoms. The molecule has 0 aliphatic heterocycles. The molecule has 2 aromatic rings. The van der Waals surface area contributed by atoms with Crippen molar-refractivity contribution >= 4 is 12.2 Å². The maximum Gasteiger partial charge on any atom is 1.00 e. The first-order chi connectivity index (χ1) is 9.58. The van der Waals surface area contributed by atoms with Gasteiger partial charge in [0, 0.05) is 6.20 Å². The van der Waals surface area contributed by atoms with Gasteiger partial charge >= 0.3 is 18.9 Å². The van der Waals surface area contributed by atoms with Gasteiger partial charge in [-0.15, -0.1) is 0 Å². The summed E-state index contributed by atoms with van der Waals surface area (Å²) in [6, 6.07) is 9.89. The fraction of sp³-hybridized carbons (Fsp3) is 0.333. The first-order valence-electron chi connectivity index (χ1n) is 6.48. The third kappa shape index (κ3) is 4.97. The molecule has 0 saturated heterocycles. The van der Waals surface area contributed by atoms with Crippen LogP contribution >= 0.6 is 12.2 Å². The Balaban J connectivity index is 0.00000220.